The first-order valence-corrected chi connectivity index (χ1v) is 4.89. The lowest BCUT2D eigenvalue weighted by Crippen LogP contribution is -2.63. The van der Waals surface area contributed by atoms with Crippen molar-refractivity contribution in [3.8, 4) is 0 Å². The van der Waals surface area contributed by atoms with Gasteiger partial charge in [-0.1, -0.05) is 0 Å². The molecule has 2 unspecified atom stereocenters. The van der Waals surface area contributed by atoms with Crippen molar-refractivity contribution in [2.75, 3.05) is 27.2 Å². The molecule has 0 radical (unpaired) electrons. The van der Waals surface area contributed by atoms with Gasteiger partial charge in [0.2, 0.25) is 5.91 Å². The Kier molecular flexibility index (Phi) is 3.52. The summed E-state index contributed by atoms with van der Waals surface area (Å²) in [4.78, 5) is 25.4. The average Bonchev–Trinajstić information content (AvgIpc) is 2.16. The topological polar surface area (TPSA) is 72.9 Å². The fraction of sp³-hybridized carbons (Fsp3) is 0.778. The number of carbonyl (C=O) groups is 2. The van der Waals surface area contributed by atoms with Crippen molar-refractivity contribution in [1.29, 1.82) is 0 Å². The van der Waals surface area contributed by atoms with Crippen molar-refractivity contribution in [3.63, 3.8) is 0 Å². The second-order valence-electron chi connectivity index (χ2n) is 3.90. The van der Waals surface area contributed by atoms with Crippen molar-refractivity contribution < 1.29 is 14.7 Å². The summed E-state index contributed by atoms with van der Waals surface area (Å²) in [5.74, 6) is -0.183. The molecule has 6 nitrogen and oxygen atoms in total. The van der Waals surface area contributed by atoms with Gasteiger partial charge in [0, 0.05) is 33.2 Å². The van der Waals surface area contributed by atoms with Gasteiger partial charge in [-0.25, -0.2) is 4.79 Å². The van der Waals surface area contributed by atoms with Crippen molar-refractivity contribution in [3.05, 3.63) is 0 Å². The van der Waals surface area contributed by atoms with Crippen LogP contribution < -0.4 is 5.32 Å². The van der Waals surface area contributed by atoms with Gasteiger partial charge in [0.15, 0.2) is 0 Å². The highest BCUT2D eigenvalue weighted by atomic mass is 16.4. The smallest absolute Gasteiger partial charge is 0.408 e. The molecule has 0 aromatic rings. The number of amides is 2. The van der Waals surface area contributed by atoms with Crippen molar-refractivity contribution in [2.45, 2.75) is 19.0 Å². The monoisotopic (exact) mass is 215 g/mol. The first kappa shape index (κ1) is 11.8. The van der Waals surface area contributed by atoms with Crippen LogP contribution >= 0.6 is 0 Å². The highest BCUT2D eigenvalue weighted by Crippen LogP contribution is 2.11. The molecule has 2 atom stereocenters. The van der Waals surface area contributed by atoms with E-state index in [0.717, 1.165) is 0 Å². The summed E-state index contributed by atoms with van der Waals surface area (Å²) in [7, 11) is 3.26. The van der Waals surface area contributed by atoms with Crippen LogP contribution in [-0.2, 0) is 4.79 Å². The molecule has 1 rings (SSSR count). The lowest BCUT2D eigenvalue weighted by molar-refractivity contribution is -0.135. The van der Waals surface area contributed by atoms with Gasteiger partial charge < -0.3 is 15.3 Å². The average molecular weight is 215 g/mol. The number of carbonyl (C=O) groups excluding carboxylic acids is 1. The maximum absolute atomic E-state index is 11.8. The number of nitrogens with zero attached hydrogens (tertiary/aromatic N) is 2. The molecular weight excluding hydrogens is 198 g/mol. The normalized spacial score (nSPS) is 26.2. The summed E-state index contributed by atoms with van der Waals surface area (Å²) in [5.41, 5.74) is 0. The van der Waals surface area contributed by atoms with Crippen molar-refractivity contribution >= 4 is 12.0 Å². The van der Waals surface area contributed by atoms with E-state index in [1.54, 1.807) is 14.1 Å². The molecule has 1 aliphatic rings. The Hall–Kier alpha value is -1.30. The third-order valence-corrected chi connectivity index (χ3v) is 2.57. The van der Waals surface area contributed by atoms with Gasteiger partial charge in [-0.2, -0.15) is 0 Å². The summed E-state index contributed by atoms with van der Waals surface area (Å²) >= 11 is 0. The first-order chi connectivity index (χ1) is 6.95. The first-order valence-electron chi connectivity index (χ1n) is 4.89. The van der Waals surface area contributed by atoms with Gasteiger partial charge in [0.05, 0.1) is 0 Å². The lowest BCUT2D eigenvalue weighted by atomic mass is 10.0. The number of rotatable bonds is 1. The van der Waals surface area contributed by atoms with E-state index in [9.17, 15) is 9.59 Å². The van der Waals surface area contributed by atoms with E-state index in [2.05, 4.69) is 5.32 Å². The van der Waals surface area contributed by atoms with Gasteiger partial charge in [0.1, 0.15) is 6.04 Å². The van der Waals surface area contributed by atoms with Gasteiger partial charge in [-0.05, 0) is 6.92 Å². The van der Waals surface area contributed by atoms with E-state index in [0.29, 0.717) is 13.1 Å². The molecule has 1 aliphatic heterocycles. The zero-order valence-electron chi connectivity index (χ0n) is 9.23. The van der Waals surface area contributed by atoms with E-state index >= 15 is 0 Å². The molecule has 1 saturated heterocycles. The van der Waals surface area contributed by atoms with E-state index in [1.807, 2.05) is 6.92 Å². The van der Waals surface area contributed by atoms with Crippen LogP contribution in [0.3, 0.4) is 0 Å². The minimum Gasteiger partial charge on any atom is -0.465 e. The number of hydrogen-bond acceptors (Lipinski definition) is 3. The zero-order chi connectivity index (χ0) is 11.6. The van der Waals surface area contributed by atoms with Crippen LogP contribution in [-0.4, -0.2) is 66.2 Å². The maximum Gasteiger partial charge on any atom is 0.408 e. The fourth-order valence-corrected chi connectivity index (χ4v) is 1.76. The van der Waals surface area contributed by atoms with Crippen LogP contribution in [0.25, 0.3) is 0 Å². The molecule has 1 heterocycles. The third kappa shape index (κ3) is 2.38. The maximum atomic E-state index is 11.8. The predicted octanol–water partition coefficient (Wildman–Crippen LogP) is -0.585. The van der Waals surface area contributed by atoms with E-state index in [4.69, 9.17) is 5.11 Å². The number of nitrogens with one attached hydrogen (secondary N) is 1. The molecule has 15 heavy (non-hydrogen) atoms. The summed E-state index contributed by atoms with van der Waals surface area (Å²) in [6.07, 6.45) is -1.04. The number of hydrogen-bond donors (Lipinski definition) is 2. The van der Waals surface area contributed by atoms with Crippen LogP contribution in [0, 0.1) is 0 Å². The number of likely N-dealkylation sites (N-methyl/N-ethyl adjacent to an activating group) is 1. The molecule has 0 aromatic heterocycles. The Balaban J connectivity index is 2.86. The molecule has 2 N–H and O–H groups in total. The SMILES string of the molecule is CC1NCCN(C(=O)O)C1C(=O)N(C)C. The molecule has 1 fully saturated rings. The molecule has 0 bridgehead atoms. The lowest BCUT2D eigenvalue weighted by Gasteiger charge is -2.38. The molecule has 0 saturated carbocycles. The largest absolute Gasteiger partial charge is 0.465 e. The minimum atomic E-state index is -1.04. The molecule has 0 aliphatic carbocycles. The van der Waals surface area contributed by atoms with Crippen molar-refractivity contribution in [2.24, 2.45) is 0 Å². The Morgan fingerprint density at radius 3 is 2.53 bits per heavy atom. The Morgan fingerprint density at radius 1 is 1.47 bits per heavy atom. The van der Waals surface area contributed by atoms with Crippen molar-refractivity contribution in [1.82, 2.24) is 15.1 Å². The van der Waals surface area contributed by atoms with Gasteiger partial charge in [0.25, 0.3) is 0 Å². The summed E-state index contributed by atoms with van der Waals surface area (Å²) in [6, 6.07) is -0.768. The molecule has 86 valence electrons. The summed E-state index contributed by atoms with van der Waals surface area (Å²) in [6.45, 7) is 2.76. The summed E-state index contributed by atoms with van der Waals surface area (Å²) in [5, 5.41) is 12.1. The van der Waals surface area contributed by atoms with E-state index in [-0.39, 0.29) is 11.9 Å². The van der Waals surface area contributed by atoms with Crippen LogP contribution in [0.4, 0.5) is 4.79 Å². The van der Waals surface area contributed by atoms with Crippen LogP contribution in [0.5, 0.6) is 0 Å². The van der Waals surface area contributed by atoms with Crippen LogP contribution in [0.15, 0.2) is 0 Å². The van der Waals surface area contributed by atoms with Crippen LogP contribution in [0.1, 0.15) is 6.92 Å². The molecule has 6 heteroatoms. The van der Waals surface area contributed by atoms with E-state index < -0.39 is 12.1 Å². The second kappa shape index (κ2) is 4.48. The fourth-order valence-electron chi connectivity index (χ4n) is 1.76. The predicted molar refractivity (Wildman–Crippen MR) is 54.7 cm³/mol. The highest BCUT2D eigenvalue weighted by molar-refractivity contribution is 5.86. The molecule has 0 spiro atoms. The number of carboxylic acid groups (broad SMARTS) is 1. The van der Waals surface area contributed by atoms with Crippen LogP contribution in [0.2, 0.25) is 0 Å². The minimum absolute atomic E-state index is 0.148. The quantitative estimate of drug-likeness (QED) is 0.613. The highest BCUT2D eigenvalue weighted by Gasteiger charge is 2.37. The Labute approximate surface area is 88.8 Å². The standard InChI is InChI=1S/C9H17N3O3/c1-6-7(8(13)11(2)3)12(9(14)15)5-4-10-6/h6-7,10H,4-5H2,1-3H3,(H,14,15). The molecular formula is C9H17N3O3. The zero-order valence-corrected chi connectivity index (χ0v) is 9.23. The molecule has 2 amide bonds. The van der Waals surface area contributed by atoms with E-state index in [1.165, 1.54) is 9.80 Å². The molecule has 0 aromatic carbocycles. The van der Waals surface area contributed by atoms with Gasteiger partial charge in [-0.15, -0.1) is 0 Å². The van der Waals surface area contributed by atoms with Gasteiger partial charge in [-0.3, -0.25) is 9.69 Å². The third-order valence-electron chi connectivity index (χ3n) is 2.57. The second-order valence-corrected chi connectivity index (χ2v) is 3.90. The van der Waals surface area contributed by atoms with Gasteiger partial charge >= 0.3 is 6.09 Å². The summed E-state index contributed by atoms with van der Waals surface area (Å²) < 4.78 is 0. The number of piperazine rings is 1. The Morgan fingerprint density at radius 2 is 2.07 bits per heavy atom. The Bertz CT molecular complexity index is 267.